The van der Waals surface area contributed by atoms with Crippen LogP contribution in [0.3, 0.4) is 0 Å². The highest BCUT2D eigenvalue weighted by Crippen LogP contribution is 2.26. The van der Waals surface area contributed by atoms with Gasteiger partial charge in [0.15, 0.2) is 17.5 Å². The van der Waals surface area contributed by atoms with E-state index in [0.717, 1.165) is 28.6 Å². The van der Waals surface area contributed by atoms with E-state index in [0.29, 0.717) is 43.2 Å². The molecule has 5 atom stereocenters. The Labute approximate surface area is 219 Å². The van der Waals surface area contributed by atoms with Gasteiger partial charge in [0.25, 0.3) is 0 Å². The minimum Gasteiger partial charge on any atom is -0.470 e. The number of anilines is 1. The molecule has 0 spiro atoms. The Balaban J connectivity index is 1.21. The first kappa shape index (κ1) is 27.1. The van der Waals surface area contributed by atoms with Crippen LogP contribution in [0, 0.1) is 0 Å². The quantitative estimate of drug-likeness (QED) is 0.192. The Hall–Kier alpha value is -1.91. The molecule has 12 nitrogen and oxygen atoms in total. The fraction of sp³-hybridized carbons (Fsp3) is 0.591. The van der Waals surface area contributed by atoms with Gasteiger partial charge in [-0.15, -0.1) is 11.3 Å². The normalized spacial score (nSPS) is 24.4. The van der Waals surface area contributed by atoms with E-state index in [9.17, 15) is 20.4 Å². The molecule has 0 aliphatic carbocycles. The van der Waals surface area contributed by atoms with E-state index in [2.05, 4.69) is 30.9 Å². The molecule has 0 saturated carbocycles. The molecule has 1 aliphatic rings. The summed E-state index contributed by atoms with van der Waals surface area (Å²) in [4.78, 5) is 14.0. The molecular weight excluding hydrogens is 558 g/mol. The number of unbranched alkanes of at least 4 members (excludes halogenated alkanes) is 3. The van der Waals surface area contributed by atoms with Crippen LogP contribution >= 0.6 is 27.3 Å². The molecule has 2 unspecified atom stereocenters. The number of thiophene rings is 1. The molecule has 1 saturated heterocycles. The monoisotopic (exact) mass is 587 g/mol. The number of hydrogen-bond acceptors (Lipinski definition) is 12. The number of ether oxygens (including phenoxy) is 3. The Morgan fingerprint density at radius 1 is 1.11 bits per heavy atom. The summed E-state index contributed by atoms with van der Waals surface area (Å²) in [7, 11) is 0. The fourth-order valence-corrected chi connectivity index (χ4v) is 5.27. The Morgan fingerprint density at radius 3 is 2.67 bits per heavy atom. The van der Waals surface area contributed by atoms with Gasteiger partial charge in [0.1, 0.15) is 31.0 Å². The minimum atomic E-state index is -1.44. The van der Waals surface area contributed by atoms with Crippen LogP contribution in [0.25, 0.3) is 11.2 Å². The second kappa shape index (κ2) is 12.6. The number of nitrogen functional groups attached to an aromatic ring is 1. The molecule has 4 heterocycles. The molecule has 4 rings (SSSR count). The largest absolute Gasteiger partial charge is 0.470 e. The second-order valence-corrected chi connectivity index (χ2v) is 10.4. The molecule has 6 N–H and O–H groups in total. The number of aromatic nitrogens is 4. The average molecular weight is 588 g/mol. The number of nitrogens with zero attached hydrogens (tertiary/aromatic N) is 4. The van der Waals surface area contributed by atoms with Gasteiger partial charge in [-0.2, -0.15) is 9.97 Å². The highest BCUT2D eigenvalue weighted by Gasteiger charge is 2.43. The average Bonchev–Trinajstić information content (AvgIpc) is 3.47. The Kier molecular flexibility index (Phi) is 9.47. The molecule has 3 aromatic heterocycles. The zero-order valence-electron chi connectivity index (χ0n) is 19.4. The van der Waals surface area contributed by atoms with Gasteiger partial charge in [-0.05, 0) is 34.8 Å². The van der Waals surface area contributed by atoms with Crippen molar-refractivity contribution in [2.75, 3.05) is 18.9 Å². The third-order valence-corrected chi connectivity index (χ3v) is 7.52. The summed E-state index contributed by atoms with van der Waals surface area (Å²) < 4.78 is 19.6. The fourth-order valence-electron chi connectivity index (χ4n) is 3.91. The van der Waals surface area contributed by atoms with Crippen LogP contribution in [0.1, 0.15) is 30.6 Å². The van der Waals surface area contributed by atoms with Crippen molar-refractivity contribution in [3.63, 3.8) is 0 Å². The summed E-state index contributed by atoms with van der Waals surface area (Å²) in [6.07, 6.45) is -1.21. The SMILES string of the molecule is Nc1nc(OCc2cc(Br)cs2)c2ncn(CCCCCCO[C@H]3OC(CO)[C@@H](O)[C@@H](O)C3O)c2n1. The number of hydrogen-bond donors (Lipinski definition) is 5. The first-order chi connectivity index (χ1) is 17.4. The molecule has 3 aromatic rings. The smallest absolute Gasteiger partial charge is 0.247 e. The molecule has 36 heavy (non-hydrogen) atoms. The van der Waals surface area contributed by atoms with Gasteiger partial charge in [0.2, 0.25) is 11.8 Å². The standard InChI is InChI=1S/C22H30BrN5O7S/c23-12-7-13(36-10-12)9-34-20-15-19(26-22(24)27-20)28(11-25-15)5-3-1-2-4-6-33-21-18(32)17(31)16(30)14(8-29)35-21/h7,10-11,14,16-18,21,29-32H,1-6,8-9H2,(H2,24,26,27)/t14?,16-,17-,18?,21+/m1/s1. The van der Waals surface area contributed by atoms with Crippen molar-refractivity contribution in [3.8, 4) is 5.88 Å². The van der Waals surface area contributed by atoms with Crippen LogP contribution < -0.4 is 10.5 Å². The van der Waals surface area contributed by atoms with E-state index in [1.165, 1.54) is 0 Å². The molecule has 14 heteroatoms. The van der Waals surface area contributed by atoms with Crippen molar-refractivity contribution in [1.29, 1.82) is 0 Å². The van der Waals surface area contributed by atoms with E-state index >= 15 is 0 Å². The Bertz CT molecular complexity index is 1130. The van der Waals surface area contributed by atoms with Crippen LogP contribution in [0.15, 0.2) is 22.2 Å². The lowest BCUT2D eigenvalue weighted by Gasteiger charge is -2.39. The summed E-state index contributed by atoms with van der Waals surface area (Å²) in [6, 6.07) is 1.99. The topological polar surface area (TPSA) is 178 Å². The van der Waals surface area contributed by atoms with Gasteiger partial charge >= 0.3 is 0 Å². The van der Waals surface area contributed by atoms with Crippen LogP contribution in [-0.2, 0) is 22.6 Å². The van der Waals surface area contributed by atoms with Gasteiger partial charge in [0, 0.05) is 27.9 Å². The Morgan fingerprint density at radius 2 is 1.92 bits per heavy atom. The number of halogens is 1. The van der Waals surface area contributed by atoms with Gasteiger partial charge in [0.05, 0.1) is 12.9 Å². The van der Waals surface area contributed by atoms with E-state index in [4.69, 9.17) is 19.9 Å². The molecule has 0 amide bonds. The zero-order valence-corrected chi connectivity index (χ0v) is 21.8. The first-order valence-electron chi connectivity index (χ1n) is 11.6. The summed E-state index contributed by atoms with van der Waals surface area (Å²) in [5.41, 5.74) is 7.09. The van der Waals surface area contributed by atoms with Crippen molar-refractivity contribution >= 4 is 44.4 Å². The van der Waals surface area contributed by atoms with Gasteiger partial charge < -0.3 is 44.9 Å². The number of nitrogens with two attached hydrogens (primary N) is 1. The first-order valence-corrected chi connectivity index (χ1v) is 13.3. The highest BCUT2D eigenvalue weighted by atomic mass is 79.9. The van der Waals surface area contributed by atoms with Crippen LogP contribution in [0.2, 0.25) is 0 Å². The van der Waals surface area contributed by atoms with Gasteiger partial charge in [-0.1, -0.05) is 12.8 Å². The van der Waals surface area contributed by atoms with Gasteiger partial charge in [-0.25, -0.2) is 4.98 Å². The second-order valence-electron chi connectivity index (χ2n) is 8.50. The molecule has 198 valence electrons. The lowest BCUT2D eigenvalue weighted by Crippen LogP contribution is -2.59. The minimum absolute atomic E-state index is 0.122. The van der Waals surface area contributed by atoms with Crippen molar-refractivity contribution in [2.45, 2.75) is 69.5 Å². The van der Waals surface area contributed by atoms with E-state index in [-0.39, 0.29) is 5.95 Å². The lowest BCUT2D eigenvalue weighted by molar-refractivity contribution is -0.301. The third-order valence-electron chi connectivity index (χ3n) is 5.85. The van der Waals surface area contributed by atoms with Gasteiger partial charge in [-0.3, -0.25) is 0 Å². The zero-order chi connectivity index (χ0) is 25.7. The molecule has 0 radical (unpaired) electrons. The summed E-state index contributed by atoms with van der Waals surface area (Å²) in [6.45, 7) is 0.879. The van der Waals surface area contributed by atoms with Crippen molar-refractivity contribution in [3.05, 3.63) is 27.1 Å². The van der Waals surface area contributed by atoms with E-state index in [1.54, 1.807) is 17.7 Å². The molecule has 1 aliphatic heterocycles. The molecule has 1 fully saturated rings. The van der Waals surface area contributed by atoms with Crippen molar-refractivity contribution < 1.29 is 34.6 Å². The van der Waals surface area contributed by atoms with Crippen LogP contribution in [0.5, 0.6) is 5.88 Å². The van der Waals surface area contributed by atoms with Crippen LogP contribution in [0.4, 0.5) is 5.95 Å². The number of aliphatic hydroxyl groups excluding tert-OH is 4. The lowest BCUT2D eigenvalue weighted by atomic mass is 9.99. The number of aryl methyl sites for hydroxylation is 1. The summed E-state index contributed by atoms with van der Waals surface area (Å²) in [5, 5.41) is 40.9. The maximum Gasteiger partial charge on any atom is 0.247 e. The van der Waals surface area contributed by atoms with Crippen molar-refractivity contribution in [1.82, 2.24) is 19.5 Å². The maximum atomic E-state index is 10.0. The van der Waals surface area contributed by atoms with E-state index in [1.807, 2.05) is 16.0 Å². The van der Waals surface area contributed by atoms with Crippen molar-refractivity contribution in [2.24, 2.45) is 0 Å². The molecule has 0 bridgehead atoms. The van der Waals surface area contributed by atoms with E-state index < -0.39 is 37.3 Å². The molecular formula is C22H30BrN5O7S. The predicted octanol–water partition coefficient (Wildman–Crippen LogP) is 1.19. The number of imidazole rings is 1. The summed E-state index contributed by atoms with van der Waals surface area (Å²) in [5.74, 6) is 0.475. The maximum absolute atomic E-state index is 10.0. The number of aliphatic hydroxyl groups is 4. The van der Waals surface area contributed by atoms with Crippen LogP contribution in [-0.4, -0.2) is 83.9 Å². The number of fused-ring (bicyclic) bond motifs is 1. The number of rotatable bonds is 12. The third kappa shape index (κ3) is 6.50. The summed E-state index contributed by atoms with van der Waals surface area (Å²) >= 11 is 5.01. The highest BCUT2D eigenvalue weighted by molar-refractivity contribution is 9.10. The predicted molar refractivity (Wildman–Crippen MR) is 134 cm³/mol. The molecule has 0 aromatic carbocycles.